The molecule has 4 N–H and O–H groups in total. The van der Waals surface area contributed by atoms with Crippen LogP contribution in [0, 0.1) is 0 Å². The van der Waals surface area contributed by atoms with E-state index in [-0.39, 0.29) is 12.4 Å². The third-order valence-corrected chi connectivity index (χ3v) is 3.20. The monoisotopic (exact) mass is 329 g/mol. The molecule has 0 aromatic heterocycles. The summed E-state index contributed by atoms with van der Waals surface area (Å²) in [5, 5.41) is 29.3. The zero-order valence-corrected chi connectivity index (χ0v) is 13.4. The lowest BCUT2D eigenvalue weighted by Gasteiger charge is -2.14. The summed E-state index contributed by atoms with van der Waals surface area (Å²) in [4.78, 5) is 11.3. The molecule has 0 spiro atoms. The fourth-order valence-electron chi connectivity index (χ4n) is 1.95. The van der Waals surface area contributed by atoms with Crippen LogP contribution in [-0.4, -0.2) is 33.9 Å². The zero-order valence-electron chi connectivity index (χ0n) is 13.4. The Hall–Kier alpha value is -2.63. The molecule has 2 rings (SSSR count). The molecular formula is C19H23NO4. The molecule has 2 aromatic rings. The van der Waals surface area contributed by atoms with Crippen LogP contribution in [0.3, 0.4) is 0 Å². The van der Waals surface area contributed by atoms with Gasteiger partial charge >= 0.3 is 5.97 Å². The molecule has 0 aliphatic heterocycles. The van der Waals surface area contributed by atoms with Crippen LogP contribution < -0.4 is 5.32 Å². The second-order valence-corrected chi connectivity index (χ2v) is 5.10. The first kappa shape index (κ1) is 19.4. The number of aliphatic hydroxyl groups excluding tert-OH is 1. The van der Waals surface area contributed by atoms with Crippen LogP contribution in [0.15, 0.2) is 67.3 Å². The third-order valence-electron chi connectivity index (χ3n) is 3.20. The number of rotatable bonds is 7. The molecule has 0 unspecified atom stereocenters. The predicted octanol–water partition coefficient (Wildman–Crippen LogP) is 2.34. The van der Waals surface area contributed by atoms with Gasteiger partial charge in [-0.05, 0) is 29.7 Å². The van der Waals surface area contributed by atoms with Gasteiger partial charge in [-0.15, -0.1) is 6.58 Å². The Balaban J connectivity index is 0.000000648. The second kappa shape index (κ2) is 11.0. The first-order valence-corrected chi connectivity index (χ1v) is 7.56. The Morgan fingerprint density at radius 2 is 1.67 bits per heavy atom. The van der Waals surface area contributed by atoms with Crippen LogP contribution in [0.25, 0.3) is 0 Å². The maximum Gasteiger partial charge on any atom is 0.321 e. The van der Waals surface area contributed by atoms with E-state index in [4.69, 9.17) is 5.11 Å². The van der Waals surface area contributed by atoms with Gasteiger partial charge < -0.3 is 20.6 Å². The van der Waals surface area contributed by atoms with Crippen LogP contribution in [0.4, 0.5) is 0 Å². The first-order valence-electron chi connectivity index (χ1n) is 7.56. The maximum atomic E-state index is 11.3. The van der Waals surface area contributed by atoms with Crippen LogP contribution >= 0.6 is 0 Å². The van der Waals surface area contributed by atoms with Crippen molar-refractivity contribution in [3.8, 4) is 5.75 Å². The highest BCUT2D eigenvalue weighted by molar-refractivity contribution is 5.73. The summed E-state index contributed by atoms with van der Waals surface area (Å²) >= 11 is 0. The Labute approximate surface area is 141 Å². The van der Waals surface area contributed by atoms with Crippen molar-refractivity contribution in [2.75, 3.05) is 6.61 Å². The third kappa shape index (κ3) is 7.58. The Morgan fingerprint density at radius 3 is 2.17 bits per heavy atom. The fraction of sp³-hybridized carbons (Fsp3) is 0.211. The molecule has 0 fully saturated rings. The lowest BCUT2D eigenvalue weighted by molar-refractivity contribution is -0.139. The number of nitrogens with one attached hydrogen (secondary N) is 1. The SMILES string of the molecule is C=CCO.O=C(O)[C@H](Cc1ccc(O)cc1)NCc1ccccc1. The van der Waals surface area contributed by atoms with Gasteiger partial charge in [-0.1, -0.05) is 48.5 Å². The predicted molar refractivity (Wildman–Crippen MR) is 93.8 cm³/mol. The molecule has 24 heavy (non-hydrogen) atoms. The minimum atomic E-state index is -0.881. The number of carboxylic acid groups (broad SMARTS) is 1. The van der Waals surface area contributed by atoms with E-state index in [1.807, 2.05) is 30.3 Å². The number of phenols is 1. The highest BCUT2D eigenvalue weighted by Gasteiger charge is 2.17. The zero-order chi connectivity index (χ0) is 17.8. The van der Waals surface area contributed by atoms with E-state index < -0.39 is 12.0 Å². The molecule has 0 heterocycles. The quantitative estimate of drug-likeness (QED) is 0.586. The number of carbonyl (C=O) groups is 1. The number of hydrogen-bond donors (Lipinski definition) is 4. The second-order valence-electron chi connectivity index (χ2n) is 5.10. The molecule has 0 saturated heterocycles. The molecular weight excluding hydrogens is 306 g/mol. The van der Waals surface area contributed by atoms with E-state index in [0.29, 0.717) is 13.0 Å². The van der Waals surface area contributed by atoms with Crippen molar-refractivity contribution in [1.29, 1.82) is 0 Å². The number of benzene rings is 2. The van der Waals surface area contributed by atoms with Gasteiger partial charge in [-0.2, -0.15) is 0 Å². The molecule has 5 nitrogen and oxygen atoms in total. The van der Waals surface area contributed by atoms with Crippen LogP contribution in [0.2, 0.25) is 0 Å². The Kier molecular flexibility index (Phi) is 8.89. The van der Waals surface area contributed by atoms with Crippen molar-refractivity contribution >= 4 is 5.97 Å². The average Bonchev–Trinajstić information content (AvgIpc) is 2.61. The lowest BCUT2D eigenvalue weighted by Crippen LogP contribution is -2.38. The molecule has 1 atom stereocenters. The molecule has 0 aliphatic rings. The molecule has 0 amide bonds. The van der Waals surface area contributed by atoms with Gasteiger partial charge in [-0.25, -0.2) is 0 Å². The highest BCUT2D eigenvalue weighted by atomic mass is 16.4. The van der Waals surface area contributed by atoms with Crippen molar-refractivity contribution in [2.24, 2.45) is 0 Å². The van der Waals surface area contributed by atoms with Gasteiger partial charge in [0.15, 0.2) is 0 Å². The standard InChI is InChI=1S/C16H17NO3.C3H6O/c18-14-8-6-12(7-9-14)10-15(16(19)20)17-11-13-4-2-1-3-5-13;1-2-3-4/h1-9,15,17-18H,10-11H2,(H,19,20);2,4H,1,3H2/t15-;/m0./s1. The summed E-state index contributed by atoms with van der Waals surface area (Å²) in [5.41, 5.74) is 1.92. The molecule has 0 saturated carbocycles. The average molecular weight is 329 g/mol. The fourth-order valence-corrected chi connectivity index (χ4v) is 1.95. The highest BCUT2D eigenvalue weighted by Crippen LogP contribution is 2.11. The normalized spacial score (nSPS) is 11.0. The minimum Gasteiger partial charge on any atom is -0.508 e. The van der Waals surface area contributed by atoms with Gasteiger partial charge in [0.2, 0.25) is 0 Å². The van der Waals surface area contributed by atoms with E-state index in [2.05, 4.69) is 11.9 Å². The molecule has 2 aromatic carbocycles. The molecule has 0 aliphatic carbocycles. The van der Waals surface area contributed by atoms with Gasteiger partial charge in [0, 0.05) is 6.54 Å². The summed E-state index contributed by atoms with van der Waals surface area (Å²) in [7, 11) is 0. The summed E-state index contributed by atoms with van der Waals surface area (Å²) in [6.07, 6.45) is 1.81. The Bertz CT molecular complexity index is 611. The van der Waals surface area contributed by atoms with Crippen LogP contribution in [0.5, 0.6) is 5.75 Å². The van der Waals surface area contributed by atoms with Gasteiger partial charge in [0.25, 0.3) is 0 Å². The van der Waals surface area contributed by atoms with Crippen molar-refractivity contribution in [1.82, 2.24) is 5.32 Å². The van der Waals surface area contributed by atoms with Crippen molar-refractivity contribution in [2.45, 2.75) is 19.0 Å². The van der Waals surface area contributed by atoms with E-state index in [1.54, 1.807) is 24.3 Å². The smallest absolute Gasteiger partial charge is 0.321 e. The summed E-state index contributed by atoms with van der Waals surface area (Å²) in [6.45, 7) is 3.82. The van der Waals surface area contributed by atoms with E-state index in [0.717, 1.165) is 11.1 Å². The maximum absolute atomic E-state index is 11.3. The molecule has 128 valence electrons. The number of aliphatic carboxylic acids is 1. The largest absolute Gasteiger partial charge is 0.508 e. The van der Waals surface area contributed by atoms with Gasteiger partial charge in [-0.3, -0.25) is 4.79 Å². The van der Waals surface area contributed by atoms with E-state index in [1.165, 1.54) is 6.08 Å². The van der Waals surface area contributed by atoms with Crippen molar-refractivity contribution in [3.05, 3.63) is 78.4 Å². The van der Waals surface area contributed by atoms with Crippen molar-refractivity contribution in [3.63, 3.8) is 0 Å². The van der Waals surface area contributed by atoms with E-state index in [9.17, 15) is 15.0 Å². The minimum absolute atomic E-state index is 0.0833. The number of phenolic OH excluding ortho intramolecular Hbond substituents is 1. The van der Waals surface area contributed by atoms with Gasteiger partial charge in [0.1, 0.15) is 11.8 Å². The lowest BCUT2D eigenvalue weighted by atomic mass is 10.1. The van der Waals surface area contributed by atoms with Crippen LogP contribution in [0.1, 0.15) is 11.1 Å². The molecule has 0 bridgehead atoms. The van der Waals surface area contributed by atoms with Gasteiger partial charge in [0.05, 0.1) is 6.61 Å². The van der Waals surface area contributed by atoms with Crippen molar-refractivity contribution < 1.29 is 20.1 Å². The first-order chi connectivity index (χ1) is 11.6. The Morgan fingerprint density at radius 1 is 1.08 bits per heavy atom. The number of aliphatic hydroxyl groups is 1. The number of carboxylic acids is 1. The molecule has 5 heteroatoms. The summed E-state index contributed by atoms with van der Waals surface area (Å²) in [6, 6.07) is 15.6. The van der Waals surface area contributed by atoms with E-state index >= 15 is 0 Å². The van der Waals surface area contributed by atoms with Crippen LogP contribution in [-0.2, 0) is 17.8 Å². The molecule has 0 radical (unpaired) electrons. The topological polar surface area (TPSA) is 89.8 Å². The summed E-state index contributed by atoms with van der Waals surface area (Å²) in [5.74, 6) is -0.702. The number of aromatic hydroxyl groups is 1. The summed E-state index contributed by atoms with van der Waals surface area (Å²) < 4.78 is 0. The number of hydrogen-bond acceptors (Lipinski definition) is 4.